The monoisotopic (exact) mass is 334 g/mol. The molecule has 3 rings (SSSR count). The minimum Gasteiger partial charge on any atom is -0.345 e. The molecule has 0 atom stereocenters. The zero-order valence-corrected chi connectivity index (χ0v) is 14.7. The molecule has 1 N–H and O–H groups in total. The van der Waals surface area contributed by atoms with E-state index in [1.807, 2.05) is 31.3 Å². The minimum absolute atomic E-state index is 0.202. The number of pyridine rings is 1. The molecule has 5 nitrogen and oxygen atoms in total. The van der Waals surface area contributed by atoms with Crippen molar-refractivity contribution < 1.29 is 4.79 Å². The maximum absolute atomic E-state index is 12.3. The van der Waals surface area contributed by atoms with Crippen molar-refractivity contribution in [1.82, 2.24) is 20.1 Å². The molecule has 0 saturated heterocycles. The number of nitrogens with zero attached hydrogens (tertiary/aromatic N) is 3. The second-order valence-corrected chi connectivity index (χ2v) is 6.32. The van der Waals surface area contributed by atoms with Crippen molar-refractivity contribution in [1.29, 1.82) is 0 Å². The van der Waals surface area contributed by atoms with Gasteiger partial charge in [0.25, 0.3) is 5.91 Å². The molecule has 3 aromatic rings. The van der Waals surface area contributed by atoms with Gasteiger partial charge in [0.05, 0.1) is 17.9 Å². The Bertz CT molecular complexity index is 851. The van der Waals surface area contributed by atoms with Crippen molar-refractivity contribution in [2.45, 2.75) is 26.3 Å². The van der Waals surface area contributed by atoms with Gasteiger partial charge in [-0.1, -0.05) is 44.2 Å². The zero-order valence-electron chi connectivity index (χ0n) is 14.7. The van der Waals surface area contributed by atoms with Crippen molar-refractivity contribution in [2.75, 3.05) is 0 Å². The van der Waals surface area contributed by atoms with E-state index in [9.17, 15) is 4.79 Å². The quantitative estimate of drug-likeness (QED) is 0.776. The van der Waals surface area contributed by atoms with Crippen LogP contribution in [0, 0.1) is 0 Å². The van der Waals surface area contributed by atoms with Gasteiger partial charge >= 0.3 is 0 Å². The summed E-state index contributed by atoms with van der Waals surface area (Å²) in [6, 6.07) is 15.8. The van der Waals surface area contributed by atoms with Crippen molar-refractivity contribution in [3.8, 4) is 11.3 Å². The fourth-order valence-corrected chi connectivity index (χ4v) is 2.65. The lowest BCUT2D eigenvalue weighted by atomic mass is 10.0. The fourth-order valence-electron chi connectivity index (χ4n) is 2.65. The van der Waals surface area contributed by atoms with Gasteiger partial charge in [0.2, 0.25) is 0 Å². The van der Waals surface area contributed by atoms with E-state index >= 15 is 0 Å². The molecule has 0 radical (unpaired) electrons. The van der Waals surface area contributed by atoms with E-state index < -0.39 is 0 Å². The maximum atomic E-state index is 12.3. The Balaban J connectivity index is 1.74. The normalized spacial score (nSPS) is 10.9. The molecular formula is C20H22N4O. The third kappa shape index (κ3) is 3.94. The highest BCUT2D eigenvalue weighted by molar-refractivity contribution is 5.93. The first-order valence-electron chi connectivity index (χ1n) is 8.37. The second-order valence-electron chi connectivity index (χ2n) is 6.32. The van der Waals surface area contributed by atoms with E-state index in [-0.39, 0.29) is 5.91 Å². The third-order valence-corrected chi connectivity index (χ3v) is 4.14. The van der Waals surface area contributed by atoms with E-state index in [1.165, 1.54) is 5.56 Å². The maximum Gasteiger partial charge on any atom is 0.272 e. The molecule has 0 saturated carbocycles. The van der Waals surface area contributed by atoms with Crippen LogP contribution >= 0.6 is 0 Å². The Hall–Kier alpha value is -2.95. The molecule has 0 bridgehead atoms. The van der Waals surface area contributed by atoms with Gasteiger partial charge in [-0.15, -0.1) is 0 Å². The SMILES string of the molecule is CC(C)c1ccc(-c2cc(C(=O)NCc3ccccn3)nn2C)cc1. The van der Waals surface area contributed by atoms with Gasteiger partial charge in [0.1, 0.15) is 0 Å². The molecule has 0 aliphatic heterocycles. The number of rotatable bonds is 5. The fraction of sp³-hybridized carbons (Fsp3) is 0.250. The van der Waals surface area contributed by atoms with Gasteiger partial charge in [-0.3, -0.25) is 14.5 Å². The number of aryl methyl sites for hydroxylation is 1. The average molecular weight is 334 g/mol. The smallest absolute Gasteiger partial charge is 0.272 e. The molecule has 0 aliphatic rings. The van der Waals surface area contributed by atoms with Gasteiger partial charge in [-0.2, -0.15) is 5.10 Å². The first-order valence-corrected chi connectivity index (χ1v) is 8.37. The Morgan fingerprint density at radius 3 is 2.56 bits per heavy atom. The highest BCUT2D eigenvalue weighted by Gasteiger charge is 2.14. The standard InChI is InChI=1S/C20H22N4O/c1-14(2)15-7-9-16(10-8-15)19-12-18(23-24(19)3)20(25)22-13-17-6-4-5-11-21-17/h4-12,14H,13H2,1-3H3,(H,22,25). The minimum atomic E-state index is -0.202. The molecule has 0 aliphatic carbocycles. The lowest BCUT2D eigenvalue weighted by Gasteiger charge is -2.06. The summed E-state index contributed by atoms with van der Waals surface area (Å²) in [4.78, 5) is 16.5. The molecule has 5 heteroatoms. The van der Waals surface area contributed by atoms with Crippen LogP contribution in [0.4, 0.5) is 0 Å². The number of amides is 1. The summed E-state index contributed by atoms with van der Waals surface area (Å²) in [6.45, 7) is 4.72. The van der Waals surface area contributed by atoms with Crippen molar-refractivity contribution in [3.05, 3.63) is 71.7 Å². The average Bonchev–Trinajstić information content (AvgIpc) is 3.02. The van der Waals surface area contributed by atoms with Crippen LogP contribution in [-0.4, -0.2) is 20.7 Å². The van der Waals surface area contributed by atoms with Crippen molar-refractivity contribution in [2.24, 2.45) is 7.05 Å². The molecule has 2 aromatic heterocycles. The molecule has 25 heavy (non-hydrogen) atoms. The van der Waals surface area contributed by atoms with E-state index in [0.717, 1.165) is 17.0 Å². The highest BCUT2D eigenvalue weighted by atomic mass is 16.1. The molecule has 0 spiro atoms. The first-order chi connectivity index (χ1) is 12.0. The number of carbonyl (C=O) groups is 1. The molecule has 0 unspecified atom stereocenters. The van der Waals surface area contributed by atoms with Crippen LogP contribution in [-0.2, 0) is 13.6 Å². The van der Waals surface area contributed by atoms with Crippen LogP contribution in [0.5, 0.6) is 0 Å². The third-order valence-electron chi connectivity index (χ3n) is 4.14. The molecule has 1 amide bonds. The highest BCUT2D eigenvalue weighted by Crippen LogP contribution is 2.23. The van der Waals surface area contributed by atoms with Crippen molar-refractivity contribution in [3.63, 3.8) is 0 Å². The number of carbonyl (C=O) groups excluding carboxylic acids is 1. The summed E-state index contributed by atoms with van der Waals surface area (Å²) in [5.41, 5.74) is 4.47. The van der Waals surface area contributed by atoms with Crippen LogP contribution in [0.1, 0.15) is 41.5 Å². The van der Waals surface area contributed by atoms with Crippen LogP contribution in [0.2, 0.25) is 0 Å². The largest absolute Gasteiger partial charge is 0.345 e. The number of benzene rings is 1. The Morgan fingerprint density at radius 2 is 1.92 bits per heavy atom. The topological polar surface area (TPSA) is 59.8 Å². The molecule has 2 heterocycles. The van der Waals surface area contributed by atoms with Gasteiger partial charge in [0, 0.05) is 13.2 Å². The summed E-state index contributed by atoms with van der Waals surface area (Å²) < 4.78 is 1.74. The Labute approximate surface area is 147 Å². The molecular weight excluding hydrogens is 312 g/mol. The lowest BCUT2D eigenvalue weighted by Crippen LogP contribution is -2.23. The molecule has 128 valence electrons. The van der Waals surface area contributed by atoms with Crippen molar-refractivity contribution >= 4 is 5.91 Å². The van der Waals surface area contributed by atoms with E-state index in [2.05, 4.69) is 53.5 Å². The Kier molecular flexibility index (Phi) is 4.93. The van der Waals surface area contributed by atoms with Gasteiger partial charge in [-0.05, 0) is 35.2 Å². The number of hydrogen-bond donors (Lipinski definition) is 1. The predicted octanol–water partition coefficient (Wildman–Crippen LogP) is 3.54. The van der Waals surface area contributed by atoms with Crippen LogP contribution in [0.15, 0.2) is 54.7 Å². The van der Waals surface area contributed by atoms with Gasteiger partial charge < -0.3 is 5.32 Å². The Morgan fingerprint density at radius 1 is 1.16 bits per heavy atom. The number of aromatic nitrogens is 3. The summed E-state index contributed by atoms with van der Waals surface area (Å²) in [5.74, 6) is 0.292. The first kappa shape index (κ1) is 16.9. The summed E-state index contributed by atoms with van der Waals surface area (Å²) >= 11 is 0. The second kappa shape index (κ2) is 7.30. The molecule has 0 fully saturated rings. The predicted molar refractivity (Wildman–Crippen MR) is 98.1 cm³/mol. The summed E-state index contributed by atoms with van der Waals surface area (Å²) in [5, 5.41) is 7.20. The number of nitrogens with one attached hydrogen (secondary N) is 1. The van der Waals surface area contributed by atoms with E-state index in [4.69, 9.17) is 0 Å². The zero-order chi connectivity index (χ0) is 17.8. The van der Waals surface area contributed by atoms with E-state index in [1.54, 1.807) is 10.9 Å². The number of hydrogen-bond acceptors (Lipinski definition) is 3. The summed E-state index contributed by atoms with van der Waals surface area (Å²) in [7, 11) is 1.85. The van der Waals surface area contributed by atoms with Gasteiger partial charge in [-0.25, -0.2) is 0 Å². The summed E-state index contributed by atoms with van der Waals surface area (Å²) in [6.07, 6.45) is 1.71. The van der Waals surface area contributed by atoms with Crippen LogP contribution < -0.4 is 5.32 Å². The van der Waals surface area contributed by atoms with Gasteiger partial charge in [0.15, 0.2) is 5.69 Å². The molecule has 1 aromatic carbocycles. The van der Waals surface area contributed by atoms with Crippen LogP contribution in [0.25, 0.3) is 11.3 Å². The van der Waals surface area contributed by atoms with E-state index in [0.29, 0.717) is 18.2 Å². The van der Waals surface area contributed by atoms with Crippen LogP contribution in [0.3, 0.4) is 0 Å². The lowest BCUT2D eigenvalue weighted by molar-refractivity contribution is 0.0944.